The first-order chi connectivity index (χ1) is 12.3. The summed E-state index contributed by atoms with van der Waals surface area (Å²) in [5.74, 6) is 1.55. The molecule has 3 aromatic heterocycles. The highest BCUT2D eigenvalue weighted by atomic mass is 16.5. The lowest BCUT2D eigenvalue weighted by molar-refractivity contribution is 0.416. The molecule has 4 aromatic rings. The van der Waals surface area contributed by atoms with Gasteiger partial charge in [-0.3, -0.25) is 5.10 Å². The molecule has 0 aliphatic rings. The number of H-pyrrole nitrogens is 1. The Morgan fingerprint density at radius 3 is 2.80 bits per heavy atom. The Labute approximate surface area is 144 Å². The average molecular weight is 332 g/mol. The summed E-state index contributed by atoms with van der Waals surface area (Å²) in [6.07, 6.45) is 3.46. The van der Waals surface area contributed by atoms with E-state index in [0.717, 1.165) is 28.5 Å². The first-order valence-corrected chi connectivity index (χ1v) is 7.83. The van der Waals surface area contributed by atoms with Crippen LogP contribution in [-0.2, 0) is 6.54 Å². The number of aromatic nitrogens is 5. The minimum atomic E-state index is 0.524. The third-order valence-corrected chi connectivity index (χ3v) is 3.81. The summed E-state index contributed by atoms with van der Waals surface area (Å²) in [6, 6.07) is 13.5. The van der Waals surface area contributed by atoms with E-state index >= 15 is 0 Å². The van der Waals surface area contributed by atoms with Crippen molar-refractivity contribution in [3.8, 4) is 17.0 Å². The summed E-state index contributed by atoms with van der Waals surface area (Å²) < 4.78 is 5.44. The van der Waals surface area contributed by atoms with Gasteiger partial charge < -0.3 is 10.1 Å². The van der Waals surface area contributed by atoms with E-state index < -0.39 is 0 Å². The number of nitrogens with one attached hydrogen (secondary N) is 2. The molecule has 0 amide bonds. The largest absolute Gasteiger partial charge is 0.496 e. The maximum atomic E-state index is 5.44. The second-order valence-corrected chi connectivity index (χ2v) is 5.40. The standard InChI is InChI=1S/C18H16N6O/c1-25-14-7-3-2-6-13(14)16-17-18(24-23-16)21-11-12(22-17)10-20-15-8-4-5-9-19-15/h2-9,11H,10H2,1H3,(H,19,20)(H,21,23,24). The summed E-state index contributed by atoms with van der Waals surface area (Å²) in [6.45, 7) is 0.524. The van der Waals surface area contributed by atoms with Gasteiger partial charge in [0, 0.05) is 11.8 Å². The lowest BCUT2D eigenvalue weighted by atomic mass is 10.1. The van der Waals surface area contributed by atoms with Gasteiger partial charge in [-0.05, 0) is 24.3 Å². The fraction of sp³-hybridized carbons (Fsp3) is 0.111. The van der Waals surface area contributed by atoms with Gasteiger partial charge in [0.15, 0.2) is 5.65 Å². The summed E-state index contributed by atoms with van der Waals surface area (Å²) in [5, 5.41) is 10.5. The van der Waals surface area contributed by atoms with Crippen LogP contribution in [-0.4, -0.2) is 32.3 Å². The summed E-state index contributed by atoms with van der Waals surface area (Å²) in [5.41, 5.74) is 3.78. The molecule has 0 unspecified atom stereocenters. The normalized spacial score (nSPS) is 10.8. The van der Waals surface area contributed by atoms with Gasteiger partial charge in [-0.15, -0.1) is 0 Å². The number of pyridine rings is 1. The van der Waals surface area contributed by atoms with Crippen LogP contribution in [0.3, 0.4) is 0 Å². The van der Waals surface area contributed by atoms with Crippen LogP contribution in [0.1, 0.15) is 5.69 Å². The lowest BCUT2D eigenvalue weighted by Gasteiger charge is -2.07. The molecule has 0 aliphatic heterocycles. The third kappa shape index (κ3) is 2.99. The van der Waals surface area contributed by atoms with E-state index in [9.17, 15) is 0 Å². The Bertz CT molecular complexity index is 999. The number of rotatable bonds is 5. The van der Waals surface area contributed by atoms with Crippen LogP contribution in [0.25, 0.3) is 22.4 Å². The number of benzene rings is 1. The predicted molar refractivity (Wildman–Crippen MR) is 95.2 cm³/mol. The first kappa shape index (κ1) is 15.1. The van der Waals surface area contributed by atoms with E-state index in [4.69, 9.17) is 9.72 Å². The maximum Gasteiger partial charge on any atom is 0.200 e. The van der Waals surface area contributed by atoms with Crippen LogP contribution < -0.4 is 10.1 Å². The molecule has 0 spiro atoms. The van der Waals surface area contributed by atoms with E-state index in [1.807, 2.05) is 42.5 Å². The molecule has 0 aliphatic carbocycles. The zero-order valence-corrected chi connectivity index (χ0v) is 13.6. The smallest absolute Gasteiger partial charge is 0.200 e. The van der Waals surface area contributed by atoms with Crippen molar-refractivity contribution in [2.75, 3.05) is 12.4 Å². The summed E-state index contributed by atoms with van der Waals surface area (Å²) in [4.78, 5) is 13.3. The fourth-order valence-electron chi connectivity index (χ4n) is 2.60. The Morgan fingerprint density at radius 2 is 1.96 bits per heavy atom. The van der Waals surface area contributed by atoms with E-state index in [-0.39, 0.29) is 0 Å². The third-order valence-electron chi connectivity index (χ3n) is 3.81. The number of fused-ring (bicyclic) bond motifs is 1. The van der Waals surface area contributed by atoms with Crippen LogP contribution in [0.5, 0.6) is 5.75 Å². The van der Waals surface area contributed by atoms with Crippen molar-refractivity contribution in [2.24, 2.45) is 0 Å². The Kier molecular flexibility index (Phi) is 3.96. The monoisotopic (exact) mass is 332 g/mol. The minimum Gasteiger partial charge on any atom is -0.496 e. The quantitative estimate of drug-likeness (QED) is 0.584. The molecule has 0 radical (unpaired) electrons. The van der Waals surface area contributed by atoms with Gasteiger partial charge in [0.2, 0.25) is 0 Å². The average Bonchev–Trinajstić information content (AvgIpc) is 3.10. The molecule has 7 nitrogen and oxygen atoms in total. The topological polar surface area (TPSA) is 88.6 Å². The molecule has 124 valence electrons. The van der Waals surface area contributed by atoms with E-state index in [0.29, 0.717) is 17.7 Å². The van der Waals surface area contributed by atoms with E-state index in [1.165, 1.54) is 0 Å². The van der Waals surface area contributed by atoms with Crippen LogP contribution in [0.15, 0.2) is 54.9 Å². The molecular weight excluding hydrogens is 316 g/mol. The molecule has 0 saturated heterocycles. The maximum absolute atomic E-state index is 5.44. The number of anilines is 1. The molecule has 1 aromatic carbocycles. The molecule has 7 heteroatoms. The van der Waals surface area contributed by atoms with E-state index in [2.05, 4.69) is 25.5 Å². The molecule has 4 rings (SSSR count). The SMILES string of the molecule is COc1ccccc1-c1[nH]nc2ncc(CNc3ccccn3)nc12. The van der Waals surface area contributed by atoms with Gasteiger partial charge in [0.05, 0.1) is 31.2 Å². The van der Waals surface area contributed by atoms with Crippen molar-refractivity contribution >= 4 is 17.0 Å². The summed E-state index contributed by atoms with van der Waals surface area (Å²) >= 11 is 0. The highest BCUT2D eigenvalue weighted by Crippen LogP contribution is 2.31. The van der Waals surface area contributed by atoms with Gasteiger partial charge in [-0.2, -0.15) is 5.10 Å². The predicted octanol–water partition coefficient (Wildman–Crippen LogP) is 3.04. The second kappa shape index (κ2) is 6.56. The van der Waals surface area contributed by atoms with Crippen molar-refractivity contribution in [3.05, 3.63) is 60.6 Å². The van der Waals surface area contributed by atoms with Crippen LogP contribution in [0.2, 0.25) is 0 Å². The van der Waals surface area contributed by atoms with Crippen molar-refractivity contribution in [3.63, 3.8) is 0 Å². The van der Waals surface area contributed by atoms with Gasteiger partial charge in [0.1, 0.15) is 17.1 Å². The van der Waals surface area contributed by atoms with Crippen LogP contribution in [0, 0.1) is 0 Å². The lowest BCUT2D eigenvalue weighted by Crippen LogP contribution is -2.03. The van der Waals surface area contributed by atoms with Crippen molar-refractivity contribution in [1.82, 2.24) is 25.1 Å². The van der Waals surface area contributed by atoms with Crippen molar-refractivity contribution in [1.29, 1.82) is 0 Å². The highest BCUT2D eigenvalue weighted by molar-refractivity contribution is 5.89. The second-order valence-electron chi connectivity index (χ2n) is 5.40. The molecule has 0 saturated carbocycles. The molecule has 3 heterocycles. The summed E-state index contributed by atoms with van der Waals surface area (Å²) in [7, 11) is 1.64. The molecule has 25 heavy (non-hydrogen) atoms. The Hall–Kier alpha value is -3.48. The van der Waals surface area contributed by atoms with E-state index in [1.54, 1.807) is 19.5 Å². The number of methoxy groups -OCH3 is 1. The molecule has 2 N–H and O–H groups in total. The number of ether oxygens (including phenoxy) is 1. The number of hydrogen-bond acceptors (Lipinski definition) is 6. The molecular formula is C18H16N6O. The zero-order chi connectivity index (χ0) is 17.1. The molecule has 0 bridgehead atoms. The molecule has 0 fully saturated rings. The van der Waals surface area contributed by atoms with Gasteiger partial charge in [0.25, 0.3) is 0 Å². The van der Waals surface area contributed by atoms with Crippen LogP contribution in [0.4, 0.5) is 5.82 Å². The fourth-order valence-corrected chi connectivity index (χ4v) is 2.60. The number of aromatic amines is 1. The van der Waals surface area contributed by atoms with Gasteiger partial charge in [-0.25, -0.2) is 15.0 Å². The molecule has 0 atom stereocenters. The minimum absolute atomic E-state index is 0.524. The van der Waals surface area contributed by atoms with Crippen LogP contribution >= 0.6 is 0 Å². The Balaban J connectivity index is 1.68. The zero-order valence-electron chi connectivity index (χ0n) is 13.6. The number of para-hydroxylation sites is 1. The van der Waals surface area contributed by atoms with Gasteiger partial charge >= 0.3 is 0 Å². The van der Waals surface area contributed by atoms with Crippen molar-refractivity contribution < 1.29 is 4.74 Å². The van der Waals surface area contributed by atoms with Crippen molar-refractivity contribution in [2.45, 2.75) is 6.54 Å². The van der Waals surface area contributed by atoms with Gasteiger partial charge in [-0.1, -0.05) is 18.2 Å². The number of nitrogens with zero attached hydrogens (tertiary/aromatic N) is 4. The first-order valence-electron chi connectivity index (χ1n) is 7.83. The number of hydrogen-bond donors (Lipinski definition) is 2. The highest BCUT2D eigenvalue weighted by Gasteiger charge is 2.14. The Morgan fingerprint density at radius 1 is 1.08 bits per heavy atom.